The van der Waals surface area contributed by atoms with E-state index in [1.54, 1.807) is 11.3 Å². The molecule has 2 N–H and O–H groups in total. The third kappa shape index (κ3) is 8.82. The van der Waals surface area contributed by atoms with Gasteiger partial charge in [0.25, 0.3) is 0 Å². The highest BCUT2D eigenvalue weighted by atomic mass is 32.1. The van der Waals surface area contributed by atoms with E-state index in [1.165, 1.54) is 10.4 Å². The van der Waals surface area contributed by atoms with E-state index in [0.29, 0.717) is 18.7 Å². The fourth-order valence-electron chi connectivity index (χ4n) is 4.01. The van der Waals surface area contributed by atoms with Crippen molar-refractivity contribution in [1.82, 2.24) is 9.80 Å². The van der Waals surface area contributed by atoms with Crippen LogP contribution in [-0.2, 0) is 25.5 Å². The van der Waals surface area contributed by atoms with Crippen molar-refractivity contribution in [2.24, 2.45) is 0 Å². The molecule has 1 amide bonds. The Morgan fingerprint density at radius 1 is 1.06 bits per heavy atom. The minimum absolute atomic E-state index is 0.0508. The van der Waals surface area contributed by atoms with Crippen LogP contribution in [0.3, 0.4) is 0 Å². The number of nitrogens with zero attached hydrogens (tertiary/aromatic N) is 2. The van der Waals surface area contributed by atoms with E-state index in [0.717, 1.165) is 45.7 Å². The zero-order valence-corrected chi connectivity index (χ0v) is 20.1. The Morgan fingerprint density at radius 2 is 1.74 bits per heavy atom. The molecule has 4 rings (SSSR count). The largest absolute Gasteiger partial charge is 0.478 e. The highest BCUT2D eigenvalue weighted by molar-refractivity contribution is 7.09. The maximum absolute atomic E-state index is 12.7. The van der Waals surface area contributed by atoms with Gasteiger partial charge < -0.3 is 19.7 Å². The zero-order chi connectivity index (χ0) is 25.0. The predicted molar refractivity (Wildman–Crippen MR) is 130 cm³/mol. The molecule has 0 bridgehead atoms. The SMILES string of the molecule is O=C(O)C=CC(=O)O.O=C1OC(Cc2cccs2)CN1C(CCN1CCOCC1)c1ccccc1. The number of carbonyl (C=O) groups excluding carboxylic acids is 1. The van der Waals surface area contributed by atoms with Gasteiger partial charge >= 0.3 is 18.0 Å². The smallest absolute Gasteiger partial charge is 0.410 e. The van der Waals surface area contributed by atoms with Crippen molar-refractivity contribution < 1.29 is 34.1 Å². The molecule has 0 saturated carbocycles. The van der Waals surface area contributed by atoms with Crippen LogP contribution in [0.25, 0.3) is 0 Å². The van der Waals surface area contributed by atoms with Crippen molar-refractivity contribution in [1.29, 1.82) is 0 Å². The van der Waals surface area contributed by atoms with Crippen LogP contribution in [0, 0.1) is 0 Å². The highest BCUT2D eigenvalue weighted by Crippen LogP contribution is 2.30. The number of morpholine rings is 1. The Labute approximate surface area is 208 Å². The predicted octanol–water partition coefficient (Wildman–Crippen LogP) is 3.29. The molecule has 10 heteroatoms. The normalized spacial score (nSPS) is 19.1. The molecule has 1 aromatic carbocycles. The summed E-state index contributed by atoms with van der Waals surface area (Å²) in [6, 6.07) is 14.5. The summed E-state index contributed by atoms with van der Waals surface area (Å²) in [6.45, 7) is 5.14. The number of carboxylic acids is 2. The van der Waals surface area contributed by atoms with Gasteiger partial charge in [0.05, 0.1) is 25.8 Å². The van der Waals surface area contributed by atoms with Crippen LogP contribution in [-0.4, -0.2) is 83.5 Å². The molecule has 2 aliphatic rings. The van der Waals surface area contributed by atoms with Crippen LogP contribution in [0.15, 0.2) is 60.0 Å². The van der Waals surface area contributed by atoms with Gasteiger partial charge in [-0.1, -0.05) is 36.4 Å². The third-order valence-corrected chi connectivity index (χ3v) is 6.56. The monoisotopic (exact) mass is 502 g/mol. The Bertz CT molecular complexity index is 959. The maximum atomic E-state index is 12.7. The van der Waals surface area contributed by atoms with Crippen LogP contribution in [0.4, 0.5) is 4.79 Å². The Kier molecular flexibility index (Phi) is 10.3. The van der Waals surface area contributed by atoms with Gasteiger partial charge in [-0.15, -0.1) is 11.3 Å². The van der Waals surface area contributed by atoms with Crippen molar-refractivity contribution in [2.45, 2.75) is 25.0 Å². The van der Waals surface area contributed by atoms with Gasteiger partial charge in [-0.3, -0.25) is 9.80 Å². The van der Waals surface area contributed by atoms with Crippen LogP contribution in [0.1, 0.15) is 22.9 Å². The molecular formula is C25H30N2O7S. The number of hydrogen-bond donors (Lipinski definition) is 2. The molecule has 2 unspecified atom stereocenters. The van der Waals surface area contributed by atoms with Crippen molar-refractivity contribution in [3.05, 3.63) is 70.4 Å². The number of cyclic esters (lactones) is 1. The zero-order valence-electron chi connectivity index (χ0n) is 19.3. The molecule has 2 atom stereocenters. The van der Waals surface area contributed by atoms with Gasteiger partial charge in [0.1, 0.15) is 6.10 Å². The first-order chi connectivity index (χ1) is 16.9. The van der Waals surface area contributed by atoms with Crippen LogP contribution in [0.2, 0.25) is 0 Å². The number of carboxylic acid groups (broad SMARTS) is 2. The lowest BCUT2D eigenvalue weighted by atomic mass is 10.0. The van der Waals surface area contributed by atoms with E-state index in [4.69, 9.17) is 19.7 Å². The van der Waals surface area contributed by atoms with E-state index in [-0.39, 0.29) is 18.2 Å². The van der Waals surface area contributed by atoms with E-state index >= 15 is 0 Å². The van der Waals surface area contributed by atoms with Gasteiger partial charge in [0, 0.05) is 43.1 Å². The summed E-state index contributed by atoms with van der Waals surface area (Å²) in [4.78, 5) is 37.4. The number of carbonyl (C=O) groups is 3. The van der Waals surface area contributed by atoms with Gasteiger partial charge in [0.15, 0.2) is 0 Å². The van der Waals surface area contributed by atoms with Crippen molar-refractivity contribution in [2.75, 3.05) is 39.4 Å². The molecule has 2 aliphatic heterocycles. The number of aliphatic carboxylic acids is 2. The first-order valence-electron chi connectivity index (χ1n) is 11.4. The maximum Gasteiger partial charge on any atom is 0.410 e. The number of benzene rings is 1. The molecule has 2 fully saturated rings. The highest BCUT2D eigenvalue weighted by Gasteiger charge is 2.37. The molecular weight excluding hydrogens is 472 g/mol. The van der Waals surface area contributed by atoms with Crippen LogP contribution in [0.5, 0.6) is 0 Å². The first kappa shape index (κ1) is 26.4. The van der Waals surface area contributed by atoms with Crippen molar-refractivity contribution in [3.8, 4) is 0 Å². The minimum Gasteiger partial charge on any atom is -0.478 e. The summed E-state index contributed by atoms with van der Waals surface area (Å²) in [5, 5.41) is 17.7. The van der Waals surface area contributed by atoms with Gasteiger partial charge in [-0.05, 0) is 23.4 Å². The average Bonchev–Trinajstić information content (AvgIpc) is 3.49. The number of rotatable bonds is 9. The Hall–Kier alpha value is -3.21. The molecule has 3 heterocycles. The summed E-state index contributed by atoms with van der Waals surface area (Å²) in [5.41, 5.74) is 1.18. The first-order valence-corrected chi connectivity index (χ1v) is 12.3. The van der Waals surface area contributed by atoms with Gasteiger partial charge in [0.2, 0.25) is 0 Å². The van der Waals surface area contributed by atoms with E-state index in [1.807, 2.05) is 29.2 Å². The van der Waals surface area contributed by atoms with E-state index in [9.17, 15) is 14.4 Å². The molecule has 0 aliphatic carbocycles. The molecule has 35 heavy (non-hydrogen) atoms. The van der Waals surface area contributed by atoms with Crippen LogP contribution < -0.4 is 0 Å². The van der Waals surface area contributed by atoms with Gasteiger partial charge in [-0.2, -0.15) is 0 Å². The Morgan fingerprint density at radius 3 is 2.34 bits per heavy atom. The second-order valence-corrected chi connectivity index (χ2v) is 9.15. The summed E-state index contributed by atoms with van der Waals surface area (Å²) >= 11 is 1.72. The van der Waals surface area contributed by atoms with E-state index in [2.05, 4.69) is 28.5 Å². The fourth-order valence-corrected chi connectivity index (χ4v) is 4.78. The van der Waals surface area contributed by atoms with E-state index < -0.39 is 11.9 Å². The summed E-state index contributed by atoms with van der Waals surface area (Å²) in [5.74, 6) is -2.51. The molecule has 0 spiro atoms. The van der Waals surface area contributed by atoms with Crippen molar-refractivity contribution >= 4 is 29.4 Å². The quantitative estimate of drug-likeness (QED) is 0.502. The molecule has 0 radical (unpaired) electrons. The molecule has 2 saturated heterocycles. The number of amides is 1. The number of hydrogen-bond acceptors (Lipinski definition) is 7. The fraction of sp³-hybridized carbons (Fsp3) is 0.400. The number of ether oxygens (including phenoxy) is 2. The summed E-state index contributed by atoms with van der Waals surface area (Å²) in [6.07, 6.45) is 2.57. The molecule has 1 aromatic heterocycles. The molecule has 2 aromatic rings. The standard InChI is InChI=1S/C21H26N2O3S.C4H4O4/c24-21-23(16-18(26-21)15-19-7-4-14-27-19)20(17-5-2-1-3-6-17)8-9-22-10-12-25-13-11-22;5-3(6)1-2-4(7)8/h1-7,14,18,20H,8-13,15-16H2;1-2H,(H,5,6)(H,7,8). The van der Waals surface area contributed by atoms with Crippen molar-refractivity contribution in [3.63, 3.8) is 0 Å². The lowest BCUT2D eigenvalue weighted by Crippen LogP contribution is -2.39. The third-order valence-electron chi connectivity index (χ3n) is 5.66. The summed E-state index contributed by atoms with van der Waals surface area (Å²) < 4.78 is 11.1. The Balaban J connectivity index is 0.000000371. The second kappa shape index (κ2) is 13.6. The lowest BCUT2D eigenvalue weighted by molar-refractivity contribution is -0.134. The topological polar surface area (TPSA) is 117 Å². The van der Waals surface area contributed by atoms with Gasteiger partial charge in [-0.25, -0.2) is 14.4 Å². The summed E-state index contributed by atoms with van der Waals surface area (Å²) in [7, 11) is 0. The average molecular weight is 503 g/mol. The second-order valence-electron chi connectivity index (χ2n) is 8.12. The molecule has 9 nitrogen and oxygen atoms in total. The number of thiophene rings is 1. The molecule has 188 valence electrons. The lowest BCUT2D eigenvalue weighted by Gasteiger charge is -2.31. The van der Waals surface area contributed by atoms with Crippen LogP contribution >= 0.6 is 11.3 Å². The minimum atomic E-state index is -1.26.